The Hall–Kier alpha value is -3.93. The maximum atomic E-state index is 12.7. The van der Waals surface area contributed by atoms with E-state index in [9.17, 15) is 19.5 Å². The fourth-order valence-corrected chi connectivity index (χ4v) is 5.45. The number of phenols is 1. The van der Waals surface area contributed by atoms with Crippen molar-refractivity contribution >= 4 is 28.3 Å². The van der Waals surface area contributed by atoms with Crippen LogP contribution in [0.4, 0.5) is 5.69 Å². The molecule has 0 radical (unpaired) electrons. The number of amides is 1. The van der Waals surface area contributed by atoms with Crippen LogP contribution in [-0.2, 0) is 49.1 Å². The quantitative estimate of drug-likeness (QED) is 0.0493. The van der Waals surface area contributed by atoms with Crippen LogP contribution in [0.15, 0.2) is 57.7 Å². The fraction of sp³-hybridized carbons (Fsp3) is 0.595. The number of nitrogens with one attached hydrogen (secondary N) is 1. The Morgan fingerprint density at radius 1 is 0.632 bits per heavy atom. The van der Waals surface area contributed by atoms with E-state index in [0.29, 0.717) is 137 Å². The summed E-state index contributed by atoms with van der Waals surface area (Å²) in [7, 11) is 0. The smallest absolute Gasteiger partial charge is 0.347 e. The Morgan fingerprint density at radius 3 is 1.63 bits per heavy atom. The van der Waals surface area contributed by atoms with E-state index in [4.69, 9.17) is 42.3 Å². The number of nitrogens with zero attached hydrogens (tertiary/aromatic N) is 1. The Kier molecular flexibility index (Phi) is 25.1. The first kappa shape index (κ1) is 47.4. The molecule has 3 rings (SSSR count). The van der Waals surface area contributed by atoms with Crippen molar-refractivity contribution in [3.05, 3.63) is 70.1 Å². The van der Waals surface area contributed by atoms with Crippen LogP contribution < -0.4 is 15.8 Å². The third-order valence-corrected chi connectivity index (χ3v) is 8.59. The van der Waals surface area contributed by atoms with Crippen LogP contribution >= 0.6 is 0 Å². The molecule has 0 aliphatic rings. The minimum Gasteiger partial charge on any atom is -0.508 e. The molecule has 2 N–H and O–H groups in total. The molecule has 318 valence electrons. The van der Waals surface area contributed by atoms with E-state index in [1.165, 1.54) is 0 Å². The van der Waals surface area contributed by atoms with Gasteiger partial charge >= 0.3 is 5.63 Å². The Bertz CT molecular complexity index is 1580. The SMILES string of the molecule is CCN(CC)c1ccc2cc(C(=O)CCCOCCOCCOCCOCCOCCOCCOCCOCCC(=O)NCCc3ccc(O)cc3)c(=O)oc2c1. The van der Waals surface area contributed by atoms with Crippen LogP contribution in [0.3, 0.4) is 0 Å². The van der Waals surface area contributed by atoms with Gasteiger partial charge in [-0.05, 0) is 62.6 Å². The monoisotopic (exact) mass is 802 g/mol. The molecule has 15 nitrogen and oxygen atoms in total. The number of benzene rings is 2. The minimum absolute atomic E-state index is 0.0630. The second-order valence-electron chi connectivity index (χ2n) is 12.8. The molecule has 3 aromatic rings. The zero-order chi connectivity index (χ0) is 40.8. The van der Waals surface area contributed by atoms with Crippen LogP contribution in [0, 0.1) is 0 Å². The Morgan fingerprint density at radius 2 is 1.12 bits per heavy atom. The van der Waals surface area contributed by atoms with Crippen molar-refractivity contribution in [2.75, 3.05) is 130 Å². The number of phenolic OH excluding ortho intramolecular Hbond substituents is 1. The van der Waals surface area contributed by atoms with Crippen molar-refractivity contribution in [2.45, 2.75) is 39.5 Å². The molecule has 1 heterocycles. The second-order valence-corrected chi connectivity index (χ2v) is 12.8. The fourth-order valence-electron chi connectivity index (χ4n) is 5.45. The van der Waals surface area contributed by atoms with Crippen LogP contribution in [0.5, 0.6) is 5.75 Å². The summed E-state index contributed by atoms with van der Waals surface area (Å²) < 4.78 is 49.4. The van der Waals surface area contributed by atoms with Crippen LogP contribution in [0.1, 0.15) is 49.0 Å². The van der Waals surface area contributed by atoms with Gasteiger partial charge in [0.2, 0.25) is 5.91 Å². The molecule has 0 atom stereocenters. The summed E-state index contributed by atoms with van der Waals surface area (Å²) in [6, 6.07) is 14.2. The molecule has 2 aromatic carbocycles. The van der Waals surface area contributed by atoms with Gasteiger partial charge in [0.15, 0.2) is 5.78 Å². The average molecular weight is 803 g/mol. The summed E-state index contributed by atoms with van der Waals surface area (Å²) in [5.41, 5.74) is 1.95. The Labute approximate surface area is 335 Å². The Balaban J connectivity index is 0.997. The summed E-state index contributed by atoms with van der Waals surface area (Å²) in [6.45, 7) is 13.2. The normalized spacial score (nSPS) is 11.3. The predicted octanol–water partition coefficient (Wildman–Crippen LogP) is 4.19. The topological polar surface area (TPSA) is 174 Å². The number of hydrogen-bond acceptors (Lipinski definition) is 14. The number of carbonyl (C=O) groups excluding carboxylic acids is 2. The van der Waals surface area contributed by atoms with Gasteiger partial charge in [-0.25, -0.2) is 4.79 Å². The first-order chi connectivity index (χ1) is 27.9. The lowest BCUT2D eigenvalue weighted by Crippen LogP contribution is -2.26. The number of hydrogen-bond donors (Lipinski definition) is 2. The van der Waals surface area contributed by atoms with Gasteiger partial charge in [-0.2, -0.15) is 0 Å². The maximum Gasteiger partial charge on any atom is 0.347 e. The highest BCUT2D eigenvalue weighted by molar-refractivity contribution is 5.98. The average Bonchev–Trinajstić information content (AvgIpc) is 3.21. The van der Waals surface area contributed by atoms with Crippen molar-refractivity contribution in [1.82, 2.24) is 5.32 Å². The van der Waals surface area contributed by atoms with E-state index in [1.54, 1.807) is 18.2 Å². The third-order valence-electron chi connectivity index (χ3n) is 8.59. The van der Waals surface area contributed by atoms with E-state index in [1.807, 2.05) is 30.3 Å². The molecule has 0 aliphatic carbocycles. The highest BCUT2D eigenvalue weighted by Gasteiger charge is 2.15. The van der Waals surface area contributed by atoms with Crippen LogP contribution in [0.2, 0.25) is 0 Å². The van der Waals surface area contributed by atoms with E-state index >= 15 is 0 Å². The number of aromatic hydroxyl groups is 1. The van der Waals surface area contributed by atoms with E-state index < -0.39 is 5.63 Å². The van der Waals surface area contributed by atoms with Gasteiger partial charge < -0.3 is 57.6 Å². The van der Waals surface area contributed by atoms with Crippen molar-refractivity contribution in [1.29, 1.82) is 0 Å². The lowest BCUT2D eigenvalue weighted by molar-refractivity contribution is -0.122. The summed E-state index contributed by atoms with van der Waals surface area (Å²) in [4.78, 5) is 39.2. The summed E-state index contributed by atoms with van der Waals surface area (Å²) in [5.74, 6) is -0.0936. The number of rotatable bonds is 35. The molecule has 0 saturated heterocycles. The maximum absolute atomic E-state index is 12.7. The highest BCUT2D eigenvalue weighted by Crippen LogP contribution is 2.22. The van der Waals surface area contributed by atoms with E-state index in [2.05, 4.69) is 24.1 Å². The summed E-state index contributed by atoms with van der Waals surface area (Å²) in [5, 5.41) is 12.9. The molecule has 57 heavy (non-hydrogen) atoms. The summed E-state index contributed by atoms with van der Waals surface area (Å²) >= 11 is 0. The number of ketones is 1. The van der Waals surface area contributed by atoms with Gasteiger partial charge in [-0.15, -0.1) is 0 Å². The van der Waals surface area contributed by atoms with Gasteiger partial charge in [0.25, 0.3) is 0 Å². The molecule has 0 fully saturated rings. The molecule has 0 aliphatic heterocycles. The number of carbonyl (C=O) groups is 2. The van der Waals surface area contributed by atoms with Gasteiger partial charge in [0.1, 0.15) is 16.9 Å². The number of ether oxygens (including phenoxy) is 8. The largest absolute Gasteiger partial charge is 0.508 e. The van der Waals surface area contributed by atoms with Gasteiger partial charge in [-0.3, -0.25) is 9.59 Å². The zero-order valence-corrected chi connectivity index (χ0v) is 33.7. The number of fused-ring (bicyclic) bond motifs is 1. The van der Waals surface area contributed by atoms with E-state index in [-0.39, 0.29) is 29.4 Å². The van der Waals surface area contributed by atoms with E-state index in [0.717, 1.165) is 29.7 Å². The first-order valence-electron chi connectivity index (χ1n) is 19.9. The zero-order valence-electron chi connectivity index (χ0n) is 33.7. The van der Waals surface area contributed by atoms with Crippen LogP contribution in [0.25, 0.3) is 11.0 Å². The van der Waals surface area contributed by atoms with Gasteiger partial charge in [0.05, 0.1) is 99.1 Å². The molecule has 15 heteroatoms. The van der Waals surface area contributed by atoms with Gasteiger partial charge in [0, 0.05) is 56.2 Å². The second kappa shape index (κ2) is 30.2. The molecule has 0 unspecified atom stereocenters. The molecule has 0 saturated carbocycles. The standard InChI is InChI=1S/C42H62N2O13/c1-3-44(4-2)36-10-9-35-32-38(42(48)57-40(35)33-36)39(46)6-5-16-49-18-20-51-22-24-53-26-28-55-30-31-56-29-27-54-25-23-52-21-19-50-17-14-41(47)43-15-13-34-7-11-37(45)12-8-34/h7-12,32-33,45H,3-6,13-31H2,1-2H3,(H,43,47). The number of anilines is 1. The van der Waals surface area contributed by atoms with Gasteiger partial charge in [-0.1, -0.05) is 12.1 Å². The number of Topliss-reactive ketones (excluding diaryl/α,β-unsaturated/α-hetero) is 1. The summed E-state index contributed by atoms with van der Waals surface area (Å²) in [6.07, 6.45) is 1.67. The highest BCUT2D eigenvalue weighted by atomic mass is 16.6. The molecular formula is C42H62N2O13. The predicted molar refractivity (Wildman–Crippen MR) is 216 cm³/mol. The first-order valence-corrected chi connectivity index (χ1v) is 19.9. The van der Waals surface area contributed by atoms with Crippen molar-refractivity contribution in [3.63, 3.8) is 0 Å². The lowest BCUT2D eigenvalue weighted by atomic mass is 10.1. The molecule has 0 bridgehead atoms. The van der Waals surface area contributed by atoms with Crippen molar-refractivity contribution in [2.24, 2.45) is 0 Å². The third kappa shape index (κ3) is 20.9. The van der Waals surface area contributed by atoms with Crippen molar-refractivity contribution < 1.29 is 57.0 Å². The lowest BCUT2D eigenvalue weighted by Gasteiger charge is -2.20. The minimum atomic E-state index is -0.615. The molecule has 0 spiro atoms. The van der Waals surface area contributed by atoms with Crippen molar-refractivity contribution in [3.8, 4) is 5.75 Å². The molecular weight excluding hydrogens is 740 g/mol. The molecule has 1 amide bonds. The molecule has 1 aromatic heterocycles. The van der Waals surface area contributed by atoms with Crippen LogP contribution in [-0.4, -0.2) is 142 Å².